The first-order chi connectivity index (χ1) is 12.7. The van der Waals surface area contributed by atoms with Crippen molar-refractivity contribution in [2.24, 2.45) is 5.92 Å². The van der Waals surface area contributed by atoms with Crippen molar-refractivity contribution in [1.82, 2.24) is 19.8 Å². The zero-order valence-corrected chi connectivity index (χ0v) is 21.5. The van der Waals surface area contributed by atoms with Gasteiger partial charge in [0.15, 0.2) is 0 Å². The molecule has 0 spiro atoms. The van der Waals surface area contributed by atoms with E-state index in [0.29, 0.717) is 5.92 Å². The molecule has 2 aromatic heterocycles. The van der Waals surface area contributed by atoms with E-state index in [1.807, 2.05) is 6.20 Å². The molecule has 0 amide bonds. The van der Waals surface area contributed by atoms with Gasteiger partial charge in [0.25, 0.3) is 0 Å². The van der Waals surface area contributed by atoms with Crippen LogP contribution in [0.2, 0.25) is 0 Å². The van der Waals surface area contributed by atoms with Crippen LogP contribution in [0.4, 0.5) is 0 Å². The Bertz CT molecular complexity index is 863. The Kier molecular flexibility index (Phi) is 15.8. The lowest BCUT2D eigenvalue weighted by Crippen LogP contribution is -2.31. The van der Waals surface area contributed by atoms with Crippen molar-refractivity contribution in [3.63, 3.8) is 0 Å². The van der Waals surface area contributed by atoms with Gasteiger partial charge < -0.3 is 14.8 Å². The lowest BCUT2D eigenvalue weighted by atomic mass is 10.1. The van der Waals surface area contributed by atoms with E-state index in [4.69, 9.17) is 4.98 Å². The summed E-state index contributed by atoms with van der Waals surface area (Å²) in [6.07, 6.45) is 1.95. The molecule has 8 heteroatoms. The van der Waals surface area contributed by atoms with Gasteiger partial charge in [-0.3, -0.25) is 4.98 Å². The third kappa shape index (κ3) is 7.15. The van der Waals surface area contributed by atoms with Crippen LogP contribution in [-0.2, 0) is 13.1 Å². The Labute approximate surface area is 205 Å². The maximum Gasteiger partial charge on any atom is 0.0784 e. The van der Waals surface area contributed by atoms with Gasteiger partial charge in [-0.05, 0) is 31.1 Å². The molecule has 2 heterocycles. The predicted molar refractivity (Wildman–Crippen MR) is 141 cm³/mol. The lowest BCUT2D eigenvalue weighted by molar-refractivity contribution is 0.302. The Hall–Kier alpha value is -0.750. The number of halogens is 4. The van der Waals surface area contributed by atoms with Crippen LogP contribution >= 0.6 is 49.6 Å². The van der Waals surface area contributed by atoms with Gasteiger partial charge in [-0.1, -0.05) is 45.9 Å². The number of para-hydroxylation sites is 1. The summed E-state index contributed by atoms with van der Waals surface area (Å²) in [6, 6.07) is 10.9. The summed E-state index contributed by atoms with van der Waals surface area (Å²) >= 11 is 0. The minimum Gasteiger partial charge on any atom is -0.339 e. The van der Waals surface area contributed by atoms with Crippen LogP contribution in [0.3, 0.4) is 0 Å². The lowest BCUT2D eigenvalue weighted by Gasteiger charge is -2.18. The van der Waals surface area contributed by atoms with Crippen LogP contribution in [0.5, 0.6) is 0 Å². The molecule has 3 rings (SSSR count). The molecule has 0 aliphatic carbocycles. The number of nitrogens with zero attached hydrogens (tertiary/aromatic N) is 3. The van der Waals surface area contributed by atoms with Gasteiger partial charge in [-0.25, -0.2) is 0 Å². The fourth-order valence-corrected chi connectivity index (χ4v) is 3.74. The standard InChI is InChI=1S/C22H32N4.4ClH/c1-5-25(6-2)14-13-23-15-20-22-19(11-12-24-20)18-9-7-8-10-21(18)26(22)16-17(3)4;;;;/h7-12,17,23H,5-6,13-16H2,1-4H3;4*1H. The Balaban J connectivity index is 0. The molecule has 1 N–H and O–H groups in total. The number of likely N-dealkylation sites (N-methyl/N-ethyl adjacent to an activating group) is 1. The molecule has 30 heavy (non-hydrogen) atoms. The van der Waals surface area contributed by atoms with Gasteiger partial charge in [0, 0.05) is 48.7 Å². The van der Waals surface area contributed by atoms with E-state index in [1.165, 1.54) is 21.8 Å². The smallest absolute Gasteiger partial charge is 0.0784 e. The SMILES string of the molecule is CCN(CC)CCNCc1nccc2c3ccccc3n(CC(C)C)c12.Cl.Cl.Cl.Cl. The molecule has 0 aliphatic rings. The second kappa shape index (κ2) is 15.1. The van der Waals surface area contributed by atoms with Crippen LogP contribution in [0, 0.1) is 5.92 Å². The van der Waals surface area contributed by atoms with Crippen molar-refractivity contribution in [1.29, 1.82) is 0 Å². The number of pyridine rings is 1. The minimum atomic E-state index is 0. The fraction of sp³-hybridized carbons (Fsp3) is 0.500. The van der Waals surface area contributed by atoms with Crippen molar-refractivity contribution in [3.8, 4) is 0 Å². The van der Waals surface area contributed by atoms with Gasteiger partial charge in [0.2, 0.25) is 0 Å². The summed E-state index contributed by atoms with van der Waals surface area (Å²) in [7, 11) is 0. The zero-order valence-electron chi connectivity index (χ0n) is 18.3. The quantitative estimate of drug-likeness (QED) is 0.370. The molecule has 0 aliphatic heterocycles. The highest BCUT2D eigenvalue weighted by Gasteiger charge is 2.15. The first-order valence-electron chi connectivity index (χ1n) is 9.93. The van der Waals surface area contributed by atoms with E-state index in [0.717, 1.165) is 45.0 Å². The molecule has 1 aromatic carbocycles. The molecular formula is C22H36Cl4N4. The summed E-state index contributed by atoms with van der Waals surface area (Å²) in [5, 5.41) is 6.25. The molecular weight excluding hydrogens is 462 g/mol. The van der Waals surface area contributed by atoms with Crippen LogP contribution in [0.1, 0.15) is 33.4 Å². The number of benzene rings is 1. The molecule has 3 aromatic rings. The largest absolute Gasteiger partial charge is 0.339 e. The van der Waals surface area contributed by atoms with Crippen molar-refractivity contribution in [2.75, 3.05) is 26.2 Å². The summed E-state index contributed by atoms with van der Waals surface area (Å²) in [5.41, 5.74) is 3.75. The monoisotopic (exact) mass is 496 g/mol. The van der Waals surface area contributed by atoms with E-state index in [-0.39, 0.29) is 49.6 Å². The Morgan fingerprint density at radius 2 is 1.63 bits per heavy atom. The molecule has 0 unspecified atom stereocenters. The Morgan fingerprint density at radius 1 is 0.967 bits per heavy atom. The second-order valence-corrected chi connectivity index (χ2v) is 7.38. The van der Waals surface area contributed by atoms with Gasteiger partial charge in [-0.15, -0.1) is 49.6 Å². The van der Waals surface area contributed by atoms with E-state index >= 15 is 0 Å². The van der Waals surface area contributed by atoms with Gasteiger partial charge >= 0.3 is 0 Å². The zero-order chi connectivity index (χ0) is 18.5. The van der Waals surface area contributed by atoms with Gasteiger partial charge in [0.1, 0.15) is 0 Å². The molecule has 0 bridgehead atoms. The molecule has 172 valence electrons. The maximum absolute atomic E-state index is 4.73. The van der Waals surface area contributed by atoms with Gasteiger partial charge in [0.05, 0.1) is 11.2 Å². The highest BCUT2D eigenvalue weighted by atomic mass is 35.5. The maximum atomic E-state index is 4.73. The second-order valence-electron chi connectivity index (χ2n) is 7.38. The van der Waals surface area contributed by atoms with Crippen LogP contribution in [-0.4, -0.2) is 40.6 Å². The van der Waals surface area contributed by atoms with Crippen LogP contribution in [0.15, 0.2) is 36.5 Å². The molecule has 0 saturated carbocycles. The van der Waals surface area contributed by atoms with Crippen molar-refractivity contribution < 1.29 is 0 Å². The molecule has 0 radical (unpaired) electrons. The number of hydrogen-bond acceptors (Lipinski definition) is 3. The summed E-state index contributed by atoms with van der Waals surface area (Å²) in [5.74, 6) is 0.595. The summed E-state index contributed by atoms with van der Waals surface area (Å²) in [4.78, 5) is 7.17. The Morgan fingerprint density at radius 3 is 2.27 bits per heavy atom. The number of nitrogens with one attached hydrogen (secondary N) is 1. The van der Waals surface area contributed by atoms with Gasteiger partial charge in [-0.2, -0.15) is 0 Å². The van der Waals surface area contributed by atoms with E-state index in [2.05, 4.69) is 72.8 Å². The number of hydrogen-bond donors (Lipinski definition) is 1. The average Bonchev–Trinajstić information content (AvgIpc) is 2.96. The molecule has 0 fully saturated rings. The third-order valence-electron chi connectivity index (χ3n) is 5.09. The molecule has 4 nitrogen and oxygen atoms in total. The minimum absolute atomic E-state index is 0. The van der Waals surface area contributed by atoms with E-state index in [1.54, 1.807) is 0 Å². The fourth-order valence-electron chi connectivity index (χ4n) is 3.74. The number of rotatable bonds is 9. The number of aromatic nitrogens is 2. The highest BCUT2D eigenvalue weighted by Crippen LogP contribution is 2.31. The normalized spacial score (nSPS) is 10.5. The molecule has 0 atom stereocenters. The topological polar surface area (TPSA) is 33.1 Å². The number of fused-ring (bicyclic) bond motifs is 3. The van der Waals surface area contributed by atoms with Crippen LogP contribution in [0.25, 0.3) is 21.8 Å². The van der Waals surface area contributed by atoms with E-state index < -0.39 is 0 Å². The van der Waals surface area contributed by atoms with E-state index in [9.17, 15) is 0 Å². The first kappa shape index (κ1) is 31.4. The summed E-state index contributed by atoms with van der Waals surface area (Å²) < 4.78 is 2.46. The third-order valence-corrected chi connectivity index (χ3v) is 5.09. The molecule has 0 saturated heterocycles. The average molecular weight is 498 g/mol. The van der Waals surface area contributed by atoms with Crippen molar-refractivity contribution in [3.05, 3.63) is 42.2 Å². The van der Waals surface area contributed by atoms with Crippen molar-refractivity contribution in [2.45, 2.75) is 40.8 Å². The predicted octanol–water partition coefficient (Wildman–Crippen LogP) is 5.96. The first-order valence-corrected chi connectivity index (χ1v) is 9.93. The summed E-state index contributed by atoms with van der Waals surface area (Å²) in [6.45, 7) is 15.1. The highest BCUT2D eigenvalue weighted by molar-refractivity contribution is 6.08. The van der Waals surface area contributed by atoms with Crippen LogP contribution < -0.4 is 5.32 Å². The van der Waals surface area contributed by atoms with Crippen molar-refractivity contribution >= 4 is 71.4 Å².